The van der Waals surface area contributed by atoms with Crippen molar-refractivity contribution in [3.8, 4) is 0 Å². The van der Waals surface area contributed by atoms with Gasteiger partial charge in [0.2, 0.25) is 5.91 Å². The standard InChI is InChI=1S/C13H16O3.C13H18O3.C10H11NO/c1-3-9-6-4-5-7-10(9)12-13(16-12)11(14)8-15-2;1-3-11-6-4-5-7-12(11)9-16-10-13(8-14)15-2;1-3-9-5-4-6-10(7-9)11-8(2)12/h3-7,11-14H,1,8H2,2H3;3-7,13-14H,1,8-10H2,2H3;3-7H,1H2,2H3,(H,11,12). The zero-order valence-corrected chi connectivity index (χ0v) is 25.9. The molecule has 0 spiro atoms. The van der Waals surface area contributed by atoms with Crippen LogP contribution in [-0.2, 0) is 30.3 Å². The lowest BCUT2D eigenvalue weighted by atomic mass is 10.0. The van der Waals surface area contributed by atoms with Gasteiger partial charge in [0.1, 0.15) is 24.4 Å². The molecule has 1 heterocycles. The Kier molecular flexibility index (Phi) is 16.6. The second kappa shape index (κ2) is 20.1. The van der Waals surface area contributed by atoms with E-state index in [4.69, 9.17) is 24.1 Å². The van der Waals surface area contributed by atoms with Crippen molar-refractivity contribution < 1.29 is 34.0 Å². The van der Waals surface area contributed by atoms with Crippen LogP contribution in [0.25, 0.3) is 18.2 Å². The quantitative estimate of drug-likeness (QED) is 0.196. The molecule has 3 N–H and O–H groups in total. The van der Waals surface area contributed by atoms with Crippen LogP contribution in [-0.4, -0.2) is 68.5 Å². The summed E-state index contributed by atoms with van der Waals surface area (Å²) in [6, 6.07) is 23.3. The number of ether oxygens (including phenoxy) is 4. The molecule has 0 saturated carbocycles. The minimum absolute atomic E-state index is 0.0282. The van der Waals surface area contributed by atoms with Gasteiger partial charge in [-0.15, -0.1) is 0 Å². The normalized spacial score (nSPS) is 16.1. The molecule has 3 aromatic carbocycles. The van der Waals surface area contributed by atoms with Gasteiger partial charge in [0.05, 0.1) is 26.4 Å². The molecule has 44 heavy (non-hydrogen) atoms. The number of carbonyl (C=O) groups excluding carboxylic acids is 1. The molecule has 236 valence electrons. The summed E-state index contributed by atoms with van der Waals surface area (Å²) in [6.07, 6.45) is 4.35. The summed E-state index contributed by atoms with van der Waals surface area (Å²) in [7, 11) is 3.13. The number of aliphatic hydroxyl groups is 2. The highest BCUT2D eigenvalue weighted by molar-refractivity contribution is 5.88. The Balaban J connectivity index is 0.000000233. The van der Waals surface area contributed by atoms with Crippen molar-refractivity contribution in [1.29, 1.82) is 0 Å². The highest BCUT2D eigenvalue weighted by atomic mass is 16.6. The Bertz CT molecular complexity index is 1320. The number of aliphatic hydroxyl groups excluding tert-OH is 2. The molecule has 1 saturated heterocycles. The van der Waals surface area contributed by atoms with Crippen molar-refractivity contribution in [2.24, 2.45) is 0 Å². The van der Waals surface area contributed by atoms with Crippen molar-refractivity contribution in [2.45, 2.75) is 37.9 Å². The number of rotatable bonds is 14. The van der Waals surface area contributed by atoms with E-state index < -0.39 is 6.10 Å². The lowest BCUT2D eigenvalue weighted by Gasteiger charge is -2.13. The van der Waals surface area contributed by atoms with Crippen LogP contribution >= 0.6 is 0 Å². The summed E-state index contributed by atoms with van der Waals surface area (Å²) in [6.45, 7) is 13.8. The zero-order valence-electron chi connectivity index (χ0n) is 25.9. The number of benzene rings is 3. The molecular formula is C36H45NO7. The highest BCUT2D eigenvalue weighted by Gasteiger charge is 2.46. The van der Waals surface area contributed by atoms with Crippen molar-refractivity contribution in [1.82, 2.24) is 0 Å². The van der Waals surface area contributed by atoms with E-state index >= 15 is 0 Å². The lowest BCUT2D eigenvalue weighted by molar-refractivity contribution is -0.114. The largest absolute Gasteiger partial charge is 0.394 e. The van der Waals surface area contributed by atoms with Gasteiger partial charge in [-0.3, -0.25) is 4.79 Å². The predicted octanol–water partition coefficient (Wildman–Crippen LogP) is 5.92. The minimum Gasteiger partial charge on any atom is -0.394 e. The fourth-order valence-electron chi connectivity index (χ4n) is 4.20. The molecule has 8 heteroatoms. The lowest BCUT2D eigenvalue weighted by Crippen LogP contribution is -2.22. The smallest absolute Gasteiger partial charge is 0.221 e. The molecule has 3 aromatic rings. The molecule has 0 aromatic heterocycles. The molecule has 0 radical (unpaired) electrons. The molecule has 0 bridgehead atoms. The van der Waals surface area contributed by atoms with Crippen molar-refractivity contribution in [3.05, 3.63) is 120 Å². The van der Waals surface area contributed by atoms with Crippen LogP contribution in [0.1, 0.15) is 40.8 Å². The Morgan fingerprint density at radius 3 is 2.25 bits per heavy atom. The Hall–Kier alpha value is -3.89. The maximum atomic E-state index is 10.7. The van der Waals surface area contributed by atoms with E-state index in [0.29, 0.717) is 19.8 Å². The monoisotopic (exact) mass is 603 g/mol. The molecule has 1 fully saturated rings. The van der Waals surface area contributed by atoms with Crippen molar-refractivity contribution >= 4 is 29.8 Å². The topological polar surface area (TPSA) is 110 Å². The third kappa shape index (κ3) is 12.4. The molecule has 4 atom stereocenters. The summed E-state index contributed by atoms with van der Waals surface area (Å²) in [5.41, 5.74) is 6.10. The van der Waals surface area contributed by atoms with Crippen LogP contribution in [0.3, 0.4) is 0 Å². The number of nitrogens with one attached hydrogen (secondary N) is 1. The van der Waals surface area contributed by atoms with Gasteiger partial charge in [-0.2, -0.15) is 0 Å². The van der Waals surface area contributed by atoms with E-state index in [9.17, 15) is 9.90 Å². The maximum absolute atomic E-state index is 10.7. The average molecular weight is 604 g/mol. The van der Waals surface area contributed by atoms with Crippen LogP contribution in [0.5, 0.6) is 0 Å². The summed E-state index contributed by atoms with van der Waals surface area (Å²) >= 11 is 0. The van der Waals surface area contributed by atoms with Gasteiger partial charge >= 0.3 is 0 Å². The molecule has 1 aliphatic heterocycles. The molecular weight excluding hydrogens is 558 g/mol. The summed E-state index contributed by atoms with van der Waals surface area (Å²) in [4.78, 5) is 10.7. The molecule has 1 amide bonds. The van der Waals surface area contributed by atoms with Crippen molar-refractivity contribution in [3.63, 3.8) is 0 Å². The fourth-order valence-corrected chi connectivity index (χ4v) is 4.20. The number of hydrogen-bond acceptors (Lipinski definition) is 7. The number of amides is 1. The van der Waals surface area contributed by atoms with Gasteiger partial charge in [0, 0.05) is 26.8 Å². The Labute approximate surface area is 261 Å². The molecule has 4 rings (SSSR count). The van der Waals surface area contributed by atoms with E-state index in [0.717, 1.165) is 33.5 Å². The SMILES string of the molecule is C=Cc1cccc(NC(C)=O)c1.C=Cc1ccccc1C1OC1C(O)COC.C=Cc1ccccc1COCC(CO)OC. The first-order valence-corrected chi connectivity index (χ1v) is 14.3. The Morgan fingerprint density at radius 2 is 1.64 bits per heavy atom. The average Bonchev–Trinajstić information content (AvgIpc) is 3.85. The first-order valence-electron chi connectivity index (χ1n) is 14.3. The molecule has 8 nitrogen and oxygen atoms in total. The Morgan fingerprint density at radius 1 is 0.955 bits per heavy atom. The van der Waals surface area contributed by atoms with Crippen LogP contribution in [0.15, 0.2) is 92.5 Å². The minimum atomic E-state index is -0.562. The van der Waals surface area contributed by atoms with Gasteiger partial charge in [-0.05, 0) is 39.9 Å². The number of carbonyl (C=O) groups is 1. The van der Waals surface area contributed by atoms with E-state index in [-0.39, 0.29) is 30.8 Å². The van der Waals surface area contributed by atoms with Crippen molar-refractivity contribution in [2.75, 3.05) is 39.4 Å². The number of anilines is 1. The third-order valence-corrected chi connectivity index (χ3v) is 6.58. The molecule has 4 unspecified atom stereocenters. The highest BCUT2D eigenvalue weighted by Crippen LogP contribution is 2.42. The molecule has 1 aliphatic rings. The van der Waals surface area contributed by atoms with Gasteiger partial charge in [0.25, 0.3) is 0 Å². The predicted molar refractivity (Wildman–Crippen MR) is 177 cm³/mol. The summed E-state index contributed by atoms with van der Waals surface area (Å²) in [5, 5.41) is 21.3. The third-order valence-electron chi connectivity index (χ3n) is 6.58. The van der Waals surface area contributed by atoms with E-state index in [1.54, 1.807) is 32.4 Å². The molecule has 0 aliphatic carbocycles. The van der Waals surface area contributed by atoms with Crippen LogP contribution in [0.4, 0.5) is 5.69 Å². The second-order valence-electron chi connectivity index (χ2n) is 9.85. The van der Waals surface area contributed by atoms with Gasteiger partial charge in [0.15, 0.2) is 0 Å². The maximum Gasteiger partial charge on any atom is 0.221 e. The van der Waals surface area contributed by atoms with Crippen LogP contribution < -0.4 is 5.32 Å². The fraction of sp³-hybridized carbons (Fsp3) is 0.306. The number of methoxy groups -OCH3 is 2. The van der Waals surface area contributed by atoms with E-state index in [1.807, 2.05) is 72.8 Å². The van der Waals surface area contributed by atoms with Crippen LogP contribution in [0.2, 0.25) is 0 Å². The summed E-state index contributed by atoms with van der Waals surface area (Å²) in [5.74, 6) is -0.0591. The first kappa shape index (κ1) is 36.3. The first-order chi connectivity index (χ1) is 21.3. The van der Waals surface area contributed by atoms with E-state index in [2.05, 4.69) is 25.1 Å². The van der Waals surface area contributed by atoms with Gasteiger partial charge in [-0.1, -0.05) is 98.6 Å². The summed E-state index contributed by atoms with van der Waals surface area (Å²) < 4.78 is 20.8. The zero-order chi connectivity index (χ0) is 32.3. The van der Waals surface area contributed by atoms with E-state index in [1.165, 1.54) is 6.92 Å². The number of epoxide rings is 1. The second-order valence-corrected chi connectivity index (χ2v) is 9.85. The van der Waals surface area contributed by atoms with Gasteiger partial charge < -0.3 is 34.5 Å². The van der Waals surface area contributed by atoms with Crippen LogP contribution in [0, 0.1) is 0 Å². The van der Waals surface area contributed by atoms with Gasteiger partial charge in [-0.25, -0.2) is 0 Å². The number of hydrogen-bond donors (Lipinski definition) is 3.